The van der Waals surface area contributed by atoms with Crippen LogP contribution in [-0.2, 0) is 32.6 Å². The van der Waals surface area contributed by atoms with Crippen molar-refractivity contribution in [3.8, 4) is 5.75 Å². The number of carbonyl (C=O) groups excluding carboxylic acids is 2. The fourth-order valence-electron chi connectivity index (χ4n) is 4.84. The molecule has 0 aliphatic rings. The first-order valence-electron chi connectivity index (χ1n) is 14.6. The fourth-order valence-corrected chi connectivity index (χ4v) is 6.38. The molecule has 0 aromatic heterocycles. The van der Waals surface area contributed by atoms with Crippen molar-refractivity contribution in [3.05, 3.63) is 125 Å². The van der Waals surface area contributed by atoms with Crippen molar-refractivity contribution < 1.29 is 22.7 Å². The Morgan fingerprint density at radius 1 is 0.844 bits per heavy atom. The van der Waals surface area contributed by atoms with Crippen LogP contribution in [0.5, 0.6) is 5.75 Å². The minimum atomic E-state index is -4.24. The van der Waals surface area contributed by atoms with E-state index in [0.717, 1.165) is 21.0 Å². The van der Waals surface area contributed by atoms with Gasteiger partial charge in [-0.05, 0) is 80.4 Å². The summed E-state index contributed by atoms with van der Waals surface area (Å²) in [6.07, 6.45) is 0.239. The molecule has 8 nitrogen and oxygen atoms in total. The molecule has 0 aliphatic heterocycles. The number of benzene rings is 4. The number of rotatable bonds is 13. The monoisotopic (exact) mass is 647 g/mol. The Labute approximate surface area is 270 Å². The van der Waals surface area contributed by atoms with Crippen molar-refractivity contribution in [3.63, 3.8) is 0 Å². The van der Waals surface area contributed by atoms with Gasteiger partial charge in [0.2, 0.25) is 11.8 Å². The van der Waals surface area contributed by atoms with Crippen LogP contribution in [-0.4, -0.2) is 50.9 Å². The molecule has 0 heterocycles. The Morgan fingerprint density at radius 3 is 2.04 bits per heavy atom. The van der Waals surface area contributed by atoms with Gasteiger partial charge in [0.1, 0.15) is 18.3 Å². The Hall–Kier alpha value is -4.34. The van der Waals surface area contributed by atoms with E-state index >= 15 is 0 Å². The number of halogens is 1. The van der Waals surface area contributed by atoms with Crippen molar-refractivity contribution in [2.75, 3.05) is 18.0 Å². The van der Waals surface area contributed by atoms with Crippen LogP contribution in [0.1, 0.15) is 30.5 Å². The molecule has 4 aromatic carbocycles. The number of hydrogen-bond acceptors (Lipinski definition) is 5. The smallest absolute Gasteiger partial charge is 0.264 e. The minimum absolute atomic E-state index is 0.0190. The number of nitrogens with one attached hydrogen (secondary N) is 1. The topological polar surface area (TPSA) is 96.0 Å². The van der Waals surface area contributed by atoms with Crippen LogP contribution in [0.3, 0.4) is 0 Å². The summed E-state index contributed by atoms with van der Waals surface area (Å²) in [4.78, 5) is 29.7. The number of methoxy groups -OCH3 is 1. The van der Waals surface area contributed by atoms with Crippen LogP contribution in [0.2, 0.25) is 5.02 Å². The lowest BCUT2D eigenvalue weighted by molar-refractivity contribution is -0.140. The van der Waals surface area contributed by atoms with Gasteiger partial charge in [0.05, 0.1) is 17.7 Å². The van der Waals surface area contributed by atoms with Crippen molar-refractivity contribution in [1.29, 1.82) is 0 Å². The standard InChI is InChI=1S/C35H38ClN3O5S/c1-25(2)37-35(41)33(22-27-8-6-5-7-9-27)38(23-28-12-10-26(3)11-13-28)34(40)24-39(30-16-14-29(36)15-17-30)45(42,43)32-20-18-31(44-4)19-21-32/h5-21,25,33H,22-24H2,1-4H3,(H,37,41)/t33-/m0/s1. The van der Waals surface area contributed by atoms with Gasteiger partial charge in [-0.2, -0.15) is 0 Å². The Balaban J connectivity index is 1.79. The molecule has 1 N–H and O–H groups in total. The first-order valence-corrected chi connectivity index (χ1v) is 16.4. The zero-order valence-electron chi connectivity index (χ0n) is 25.8. The quantitative estimate of drug-likeness (QED) is 0.192. The molecule has 0 unspecified atom stereocenters. The van der Waals surface area contributed by atoms with Crippen LogP contribution in [0.4, 0.5) is 5.69 Å². The van der Waals surface area contributed by atoms with Crippen LogP contribution < -0.4 is 14.4 Å². The summed E-state index contributed by atoms with van der Waals surface area (Å²) < 4.78 is 34.5. The van der Waals surface area contributed by atoms with Gasteiger partial charge in [0, 0.05) is 24.0 Å². The number of sulfonamides is 1. The first kappa shape index (κ1) is 33.6. The SMILES string of the molecule is COc1ccc(S(=O)(=O)N(CC(=O)N(Cc2ccc(C)cc2)[C@@H](Cc2ccccc2)C(=O)NC(C)C)c2ccc(Cl)cc2)cc1. The predicted octanol–water partition coefficient (Wildman–Crippen LogP) is 6.02. The van der Waals surface area contributed by atoms with E-state index in [2.05, 4.69) is 5.32 Å². The van der Waals surface area contributed by atoms with E-state index in [0.29, 0.717) is 10.8 Å². The van der Waals surface area contributed by atoms with E-state index in [1.807, 2.05) is 75.4 Å². The zero-order valence-corrected chi connectivity index (χ0v) is 27.4. The predicted molar refractivity (Wildman–Crippen MR) is 178 cm³/mol. The zero-order chi connectivity index (χ0) is 32.6. The molecule has 4 rings (SSSR count). The maximum Gasteiger partial charge on any atom is 0.264 e. The van der Waals surface area contributed by atoms with Crippen molar-refractivity contribution in [2.24, 2.45) is 0 Å². The molecule has 4 aromatic rings. The summed E-state index contributed by atoms with van der Waals surface area (Å²) in [7, 11) is -2.74. The molecule has 0 bridgehead atoms. The van der Waals surface area contributed by atoms with Gasteiger partial charge in [-0.25, -0.2) is 8.42 Å². The van der Waals surface area contributed by atoms with Gasteiger partial charge in [-0.1, -0.05) is 71.8 Å². The van der Waals surface area contributed by atoms with Crippen molar-refractivity contribution in [2.45, 2.75) is 50.7 Å². The Morgan fingerprint density at radius 2 is 1.47 bits per heavy atom. The first-order chi connectivity index (χ1) is 21.5. The van der Waals surface area contributed by atoms with E-state index in [1.54, 1.807) is 36.4 Å². The van der Waals surface area contributed by atoms with E-state index in [-0.39, 0.29) is 35.5 Å². The van der Waals surface area contributed by atoms with E-state index < -0.39 is 28.5 Å². The average Bonchev–Trinajstić information content (AvgIpc) is 3.03. The maximum absolute atomic E-state index is 14.5. The molecule has 236 valence electrons. The molecule has 0 aliphatic carbocycles. The lowest BCUT2D eigenvalue weighted by atomic mass is 10.0. The normalized spacial score (nSPS) is 12.0. The number of hydrogen-bond donors (Lipinski definition) is 1. The summed E-state index contributed by atoms with van der Waals surface area (Å²) >= 11 is 6.13. The molecule has 0 spiro atoms. The number of carbonyl (C=O) groups is 2. The highest BCUT2D eigenvalue weighted by molar-refractivity contribution is 7.92. The van der Waals surface area contributed by atoms with Gasteiger partial charge >= 0.3 is 0 Å². The summed E-state index contributed by atoms with van der Waals surface area (Å²) in [5.74, 6) is -0.375. The van der Waals surface area contributed by atoms with Crippen molar-refractivity contribution >= 4 is 39.1 Å². The van der Waals surface area contributed by atoms with Gasteiger partial charge < -0.3 is 15.0 Å². The third kappa shape index (κ3) is 8.86. The van der Waals surface area contributed by atoms with E-state index in [1.165, 1.54) is 24.1 Å². The molecule has 10 heteroatoms. The second kappa shape index (κ2) is 15.1. The van der Waals surface area contributed by atoms with Crippen LogP contribution in [0, 0.1) is 6.92 Å². The van der Waals surface area contributed by atoms with Gasteiger partial charge in [-0.15, -0.1) is 0 Å². The number of ether oxygens (including phenoxy) is 1. The lowest BCUT2D eigenvalue weighted by Gasteiger charge is -2.34. The molecule has 0 radical (unpaired) electrons. The summed E-state index contributed by atoms with van der Waals surface area (Å²) in [6, 6.07) is 28.2. The average molecular weight is 648 g/mol. The molecule has 45 heavy (non-hydrogen) atoms. The van der Waals surface area contributed by atoms with Crippen LogP contribution in [0.15, 0.2) is 108 Å². The molecule has 0 saturated heterocycles. The molecule has 2 amide bonds. The highest BCUT2D eigenvalue weighted by Crippen LogP contribution is 2.27. The molecule has 0 saturated carbocycles. The van der Waals surface area contributed by atoms with E-state index in [9.17, 15) is 18.0 Å². The molecule has 0 fully saturated rings. The van der Waals surface area contributed by atoms with Crippen molar-refractivity contribution in [1.82, 2.24) is 10.2 Å². The van der Waals surface area contributed by atoms with Gasteiger partial charge in [-0.3, -0.25) is 13.9 Å². The fraction of sp³-hybridized carbons (Fsp3) is 0.257. The third-order valence-corrected chi connectivity index (χ3v) is 9.26. The summed E-state index contributed by atoms with van der Waals surface area (Å²) in [6.45, 7) is 5.22. The molecule has 1 atom stereocenters. The van der Waals surface area contributed by atoms with E-state index in [4.69, 9.17) is 16.3 Å². The summed E-state index contributed by atoms with van der Waals surface area (Å²) in [5, 5.41) is 3.38. The van der Waals surface area contributed by atoms with Gasteiger partial charge in [0.15, 0.2) is 0 Å². The van der Waals surface area contributed by atoms with Crippen LogP contribution in [0.25, 0.3) is 0 Å². The largest absolute Gasteiger partial charge is 0.497 e. The summed E-state index contributed by atoms with van der Waals surface area (Å²) in [5.41, 5.74) is 2.98. The Bertz CT molecular complexity index is 1680. The third-order valence-electron chi connectivity index (χ3n) is 7.22. The molecular formula is C35H38ClN3O5S. The highest BCUT2D eigenvalue weighted by Gasteiger charge is 2.34. The Kier molecular flexibility index (Phi) is 11.3. The lowest BCUT2D eigenvalue weighted by Crippen LogP contribution is -2.54. The minimum Gasteiger partial charge on any atom is -0.497 e. The van der Waals surface area contributed by atoms with Crippen LogP contribution >= 0.6 is 11.6 Å². The number of amides is 2. The van der Waals surface area contributed by atoms with Gasteiger partial charge in [0.25, 0.3) is 10.0 Å². The number of aryl methyl sites for hydroxylation is 1. The number of nitrogens with zero attached hydrogens (tertiary/aromatic N) is 2. The maximum atomic E-state index is 14.5. The second-order valence-corrected chi connectivity index (χ2v) is 13.3. The second-order valence-electron chi connectivity index (χ2n) is 11.0. The highest BCUT2D eigenvalue weighted by atomic mass is 35.5. The molecular weight excluding hydrogens is 610 g/mol. The number of anilines is 1.